The number of allylic oxidation sites excluding steroid dienone is 6. The summed E-state index contributed by atoms with van der Waals surface area (Å²) in [5.41, 5.74) is 11.4. The van der Waals surface area contributed by atoms with Crippen molar-refractivity contribution < 1.29 is 9.53 Å². The number of benzene rings is 1. The number of Topliss-reactive ketones (excluding diaryl/α,β-unsaturated/α-hetero) is 1. The Morgan fingerprint density at radius 1 is 1.18 bits per heavy atom. The molecule has 1 aromatic carbocycles. The summed E-state index contributed by atoms with van der Waals surface area (Å²) in [4.78, 5) is 21.3. The zero-order valence-corrected chi connectivity index (χ0v) is 22.7. The third-order valence-electron chi connectivity index (χ3n) is 7.11. The van der Waals surface area contributed by atoms with Crippen molar-refractivity contribution in [2.24, 2.45) is 0 Å². The smallest absolute Gasteiger partial charge is 0.185 e. The van der Waals surface area contributed by atoms with Crippen LogP contribution in [0.5, 0.6) is 0 Å². The first kappa shape index (κ1) is 26.1. The summed E-state index contributed by atoms with van der Waals surface area (Å²) in [6, 6.07) is 8.62. The molecule has 0 bridgehead atoms. The van der Waals surface area contributed by atoms with Gasteiger partial charge in [0.2, 0.25) is 0 Å². The maximum absolute atomic E-state index is 13.0. The number of rotatable bonds is 8. The molecule has 5 heteroatoms. The van der Waals surface area contributed by atoms with Gasteiger partial charge >= 0.3 is 0 Å². The molecule has 1 saturated heterocycles. The van der Waals surface area contributed by atoms with Crippen LogP contribution in [-0.2, 0) is 16.1 Å². The largest absolute Gasteiger partial charge is 0.379 e. The van der Waals surface area contributed by atoms with Crippen LogP contribution in [0.15, 0.2) is 102 Å². The molecule has 1 fully saturated rings. The Morgan fingerprint density at radius 2 is 1.97 bits per heavy atom. The number of carbonyl (C=O) groups is 1. The van der Waals surface area contributed by atoms with Crippen molar-refractivity contribution in [1.82, 2.24) is 9.88 Å². The Hall–Kier alpha value is -3.47. The van der Waals surface area contributed by atoms with E-state index in [0.717, 1.165) is 71.3 Å². The normalized spacial score (nSPS) is 18.7. The molecule has 0 saturated carbocycles. The number of ketones is 1. The highest BCUT2D eigenvalue weighted by Crippen LogP contribution is 2.52. The molecular formula is C33H32N2O2S. The third kappa shape index (κ3) is 5.38. The molecule has 1 aromatic heterocycles. The highest BCUT2D eigenvalue weighted by Gasteiger charge is 2.34. The lowest BCUT2D eigenvalue weighted by atomic mass is 9.91. The minimum Gasteiger partial charge on any atom is -0.379 e. The van der Waals surface area contributed by atoms with Crippen LogP contribution in [0.1, 0.15) is 30.0 Å². The van der Waals surface area contributed by atoms with Crippen LogP contribution < -0.4 is 0 Å². The second-order valence-corrected chi connectivity index (χ2v) is 10.8. The SMILES string of the molecule is C=C(CC)C(=O)C(=C)C1Sc2c(cc(C3=CC=C=CC=C3)cc2-c2ccc(CN3CCOCC3)cn2)C1=C. The van der Waals surface area contributed by atoms with Gasteiger partial charge in [-0.3, -0.25) is 14.7 Å². The van der Waals surface area contributed by atoms with Crippen molar-refractivity contribution in [1.29, 1.82) is 0 Å². The fourth-order valence-electron chi connectivity index (χ4n) is 4.81. The number of carbonyl (C=O) groups excluding carboxylic acids is 1. The van der Waals surface area contributed by atoms with Crippen LogP contribution in [0.25, 0.3) is 22.4 Å². The molecule has 0 amide bonds. The zero-order chi connectivity index (χ0) is 26.6. The van der Waals surface area contributed by atoms with Gasteiger partial charge in [-0.25, -0.2) is 0 Å². The predicted molar refractivity (Wildman–Crippen MR) is 158 cm³/mol. The second kappa shape index (κ2) is 11.5. The molecule has 5 rings (SSSR count). The molecule has 0 radical (unpaired) electrons. The maximum Gasteiger partial charge on any atom is 0.185 e. The number of thioether (sulfide) groups is 1. The molecular weight excluding hydrogens is 488 g/mol. The van der Waals surface area contributed by atoms with Gasteiger partial charge in [-0.05, 0) is 76.3 Å². The number of morpholine rings is 1. The molecule has 3 aliphatic rings. The summed E-state index contributed by atoms with van der Waals surface area (Å²) in [5.74, 6) is -0.0723. The first-order valence-electron chi connectivity index (χ1n) is 13.0. The van der Waals surface area contributed by atoms with E-state index in [-0.39, 0.29) is 11.0 Å². The quantitative estimate of drug-likeness (QED) is 0.282. The lowest BCUT2D eigenvalue weighted by molar-refractivity contribution is -0.112. The minimum atomic E-state index is -0.226. The Balaban J connectivity index is 1.52. The van der Waals surface area contributed by atoms with Gasteiger partial charge < -0.3 is 4.74 Å². The van der Waals surface area contributed by atoms with E-state index in [0.29, 0.717) is 17.6 Å². The summed E-state index contributed by atoms with van der Waals surface area (Å²) in [6.45, 7) is 18.8. The van der Waals surface area contributed by atoms with E-state index in [1.165, 1.54) is 5.56 Å². The van der Waals surface area contributed by atoms with Crippen LogP contribution >= 0.6 is 11.8 Å². The lowest BCUT2D eigenvalue weighted by Crippen LogP contribution is -2.35. The van der Waals surface area contributed by atoms with E-state index in [4.69, 9.17) is 9.72 Å². The number of pyridine rings is 1. The number of nitrogens with zero attached hydrogens (tertiary/aromatic N) is 2. The molecule has 2 aromatic rings. The summed E-state index contributed by atoms with van der Waals surface area (Å²) in [6.07, 6.45) is 12.5. The van der Waals surface area contributed by atoms with Gasteiger partial charge in [-0.15, -0.1) is 17.5 Å². The van der Waals surface area contributed by atoms with Gasteiger partial charge in [0.15, 0.2) is 5.78 Å². The van der Waals surface area contributed by atoms with Crippen LogP contribution in [0.3, 0.4) is 0 Å². The minimum absolute atomic E-state index is 0.0723. The van der Waals surface area contributed by atoms with Crippen molar-refractivity contribution in [2.75, 3.05) is 26.3 Å². The van der Waals surface area contributed by atoms with E-state index in [1.807, 2.05) is 31.3 Å². The molecule has 1 atom stereocenters. The monoisotopic (exact) mass is 520 g/mol. The number of aromatic nitrogens is 1. The Kier molecular flexibility index (Phi) is 7.92. The van der Waals surface area contributed by atoms with Crippen molar-refractivity contribution in [3.63, 3.8) is 0 Å². The number of hydrogen-bond donors (Lipinski definition) is 0. The van der Waals surface area contributed by atoms with Crippen LogP contribution in [0.2, 0.25) is 0 Å². The highest BCUT2D eigenvalue weighted by molar-refractivity contribution is 8.01. The van der Waals surface area contributed by atoms with Crippen LogP contribution in [0.4, 0.5) is 0 Å². The fourth-order valence-corrected chi connectivity index (χ4v) is 6.17. The molecule has 2 aliphatic heterocycles. The van der Waals surface area contributed by atoms with Gasteiger partial charge in [0.1, 0.15) is 0 Å². The zero-order valence-electron chi connectivity index (χ0n) is 21.8. The van der Waals surface area contributed by atoms with Crippen molar-refractivity contribution in [3.05, 3.63) is 114 Å². The Morgan fingerprint density at radius 3 is 2.71 bits per heavy atom. The molecule has 1 unspecified atom stereocenters. The Labute approximate surface area is 229 Å². The van der Waals surface area contributed by atoms with Crippen molar-refractivity contribution >= 4 is 28.7 Å². The van der Waals surface area contributed by atoms with E-state index in [9.17, 15) is 4.79 Å². The fraction of sp³-hybridized carbons (Fsp3) is 0.242. The first-order chi connectivity index (χ1) is 18.5. The standard InChI is InChI=1S/C33H32N2O2S/c1-5-22(2)31(36)24(4)32-23(3)28-18-27(26-10-8-6-7-9-11-26)19-29(33(28)38-32)30-13-12-25(20-34-30)21-35-14-16-37-17-15-35/h6,8-13,18-20,32H,2-5,14-17,21H2,1H3. The second-order valence-electron chi connectivity index (χ2n) is 9.66. The van der Waals surface area contributed by atoms with Gasteiger partial charge in [0.25, 0.3) is 0 Å². The molecule has 192 valence electrons. The van der Waals surface area contributed by atoms with Gasteiger partial charge in [0.05, 0.1) is 24.2 Å². The van der Waals surface area contributed by atoms with E-state index in [1.54, 1.807) is 11.8 Å². The summed E-state index contributed by atoms with van der Waals surface area (Å²) < 4.78 is 5.48. The lowest BCUT2D eigenvalue weighted by Gasteiger charge is -2.26. The molecule has 3 heterocycles. The van der Waals surface area contributed by atoms with Gasteiger partial charge in [-0.1, -0.05) is 44.9 Å². The summed E-state index contributed by atoms with van der Waals surface area (Å²) >= 11 is 1.64. The third-order valence-corrected chi connectivity index (χ3v) is 8.59. The van der Waals surface area contributed by atoms with E-state index < -0.39 is 0 Å². The summed E-state index contributed by atoms with van der Waals surface area (Å²) in [7, 11) is 0. The van der Waals surface area contributed by atoms with Crippen molar-refractivity contribution in [2.45, 2.75) is 30.0 Å². The van der Waals surface area contributed by atoms with Crippen molar-refractivity contribution in [3.8, 4) is 11.3 Å². The van der Waals surface area contributed by atoms with Gasteiger partial charge in [-0.2, -0.15) is 0 Å². The number of fused-ring (bicyclic) bond motifs is 1. The number of hydrogen-bond acceptors (Lipinski definition) is 5. The first-order valence-corrected chi connectivity index (χ1v) is 13.8. The average Bonchev–Trinajstić information content (AvgIpc) is 3.10. The maximum atomic E-state index is 13.0. The molecule has 4 nitrogen and oxygen atoms in total. The number of ether oxygens (including phenoxy) is 1. The molecule has 0 N–H and O–H groups in total. The topological polar surface area (TPSA) is 42.4 Å². The Bertz CT molecular complexity index is 1430. The summed E-state index contributed by atoms with van der Waals surface area (Å²) in [5, 5.41) is -0.226. The molecule has 1 aliphatic carbocycles. The highest BCUT2D eigenvalue weighted by atomic mass is 32.2. The van der Waals surface area contributed by atoms with Crippen LogP contribution in [-0.4, -0.2) is 47.2 Å². The molecule has 38 heavy (non-hydrogen) atoms. The van der Waals surface area contributed by atoms with E-state index >= 15 is 0 Å². The predicted octanol–water partition coefficient (Wildman–Crippen LogP) is 6.82. The molecule has 0 spiro atoms. The van der Waals surface area contributed by atoms with Gasteiger partial charge in [0, 0.05) is 41.9 Å². The van der Waals surface area contributed by atoms with Crippen LogP contribution in [0, 0.1) is 0 Å². The average molecular weight is 521 g/mol. The van der Waals surface area contributed by atoms with E-state index in [2.05, 4.69) is 66.8 Å².